The number of aryl methyl sites for hydroxylation is 1. The molecule has 0 amide bonds. The van der Waals surface area contributed by atoms with Gasteiger partial charge in [0.1, 0.15) is 5.75 Å². The molecule has 2 aromatic rings. The lowest BCUT2D eigenvalue weighted by Gasteiger charge is -2.26. The van der Waals surface area contributed by atoms with E-state index in [0.717, 1.165) is 28.3 Å². The number of nitrogens with one attached hydrogen (secondary N) is 1. The first kappa shape index (κ1) is 14.8. The lowest BCUT2D eigenvalue weighted by Crippen LogP contribution is -2.24. The number of thioether (sulfide) groups is 1. The quantitative estimate of drug-likeness (QED) is 0.861. The Bertz CT molecular complexity index is 659. The molecule has 21 heavy (non-hydrogen) atoms. The maximum atomic E-state index is 9.94. The standard InChI is InChI=1S/C17H18ClNOS/c1-11-2-4-16(20)12(8-11)10-19-15-6-7-21-17-5-3-13(18)9-14(15)17/h2-5,8-9,15,19-20H,6-7,10H2,1H3. The summed E-state index contributed by atoms with van der Waals surface area (Å²) in [6, 6.07) is 12.1. The van der Waals surface area contributed by atoms with Crippen LogP contribution in [0.15, 0.2) is 41.3 Å². The maximum Gasteiger partial charge on any atom is 0.120 e. The Balaban J connectivity index is 1.78. The Hall–Kier alpha value is -1.16. The maximum absolute atomic E-state index is 9.94. The van der Waals surface area contributed by atoms with Gasteiger partial charge in [-0.1, -0.05) is 29.3 Å². The number of benzene rings is 2. The Morgan fingerprint density at radius 2 is 2.14 bits per heavy atom. The van der Waals surface area contributed by atoms with Crippen molar-refractivity contribution in [1.29, 1.82) is 0 Å². The van der Waals surface area contributed by atoms with Crippen LogP contribution >= 0.6 is 23.4 Å². The first-order valence-corrected chi connectivity index (χ1v) is 8.44. The molecule has 0 aliphatic carbocycles. The Labute approximate surface area is 134 Å². The van der Waals surface area contributed by atoms with E-state index in [1.165, 1.54) is 10.5 Å². The molecule has 2 N–H and O–H groups in total. The first-order valence-electron chi connectivity index (χ1n) is 7.07. The van der Waals surface area contributed by atoms with Crippen molar-refractivity contribution in [3.63, 3.8) is 0 Å². The minimum atomic E-state index is 0.292. The molecule has 0 radical (unpaired) electrons. The number of rotatable bonds is 3. The highest BCUT2D eigenvalue weighted by Crippen LogP contribution is 2.37. The predicted octanol–water partition coefficient (Wildman–Crippen LogP) is 4.68. The highest BCUT2D eigenvalue weighted by atomic mass is 35.5. The molecule has 1 unspecified atom stereocenters. The van der Waals surface area contributed by atoms with Crippen molar-refractivity contribution in [1.82, 2.24) is 5.32 Å². The summed E-state index contributed by atoms with van der Waals surface area (Å²) in [5.41, 5.74) is 3.37. The van der Waals surface area contributed by atoms with Crippen LogP contribution < -0.4 is 5.32 Å². The van der Waals surface area contributed by atoms with Gasteiger partial charge in [-0.3, -0.25) is 0 Å². The van der Waals surface area contributed by atoms with Gasteiger partial charge in [-0.25, -0.2) is 0 Å². The van der Waals surface area contributed by atoms with E-state index in [1.807, 2.05) is 36.9 Å². The smallest absolute Gasteiger partial charge is 0.120 e. The third-order valence-electron chi connectivity index (χ3n) is 3.79. The highest BCUT2D eigenvalue weighted by Gasteiger charge is 2.20. The molecular formula is C17H18ClNOS. The molecule has 0 spiro atoms. The molecular weight excluding hydrogens is 302 g/mol. The Morgan fingerprint density at radius 3 is 3.00 bits per heavy atom. The molecule has 1 atom stereocenters. The molecule has 1 aliphatic heterocycles. The van der Waals surface area contributed by atoms with E-state index in [-0.39, 0.29) is 0 Å². The summed E-state index contributed by atoms with van der Waals surface area (Å²) in [5.74, 6) is 1.45. The zero-order valence-corrected chi connectivity index (χ0v) is 13.5. The SMILES string of the molecule is Cc1ccc(O)c(CNC2CCSc3ccc(Cl)cc32)c1. The molecule has 1 aliphatic rings. The Morgan fingerprint density at radius 1 is 1.29 bits per heavy atom. The molecule has 0 bridgehead atoms. The second-order valence-corrected chi connectivity index (χ2v) is 6.96. The molecule has 2 aromatic carbocycles. The third-order valence-corrected chi connectivity index (χ3v) is 5.14. The van der Waals surface area contributed by atoms with Crippen LogP contribution in [0.2, 0.25) is 5.02 Å². The van der Waals surface area contributed by atoms with Crippen molar-refractivity contribution in [3.8, 4) is 5.75 Å². The van der Waals surface area contributed by atoms with Gasteiger partial charge in [-0.05, 0) is 48.9 Å². The van der Waals surface area contributed by atoms with Gasteiger partial charge in [0.15, 0.2) is 0 Å². The molecule has 0 saturated carbocycles. The number of hydrogen-bond donors (Lipinski definition) is 2. The fourth-order valence-electron chi connectivity index (χ4n) is 2.67. The third kappa shape index (κ3) is 3.37. The molecule has 0 saturated heterocycles. The lowest BCUT2D eigenvalue weighted by molar-refractivity contribution is 0.453. The largest absolute Gasteiger partial charge is 0.508 e. The van der Waals surface area contributed by atoms with Crippen LogP contribution in [0.25, 0.3) is 0 Å². The van der Waals surface area contributed by atoms with Crippen LogP contribution in [-0.2, 0) is 6.54 Å². The summed E-state index contributed by atoms with van der Waals surface area (Å²) >= 11 is 8.01. The molecule has 0 fully saturated rings. The fourth-order valence-corrected chi connectivity index (χ4v) is 3.95. The van der Waals surface area contributed by atoms with Crippen LogP contribution in [-0.4, -0.2) is 10.9 Å². The summed E-state index contributed by atoms with van der Waals surface area (Å²) in [4.78, 5) is 1.30. The number of phenols is 1. The fraction of sp³-hybridized carbons (Fsp3) is 0.294. The van der Waals surface area contributed by atoms with E-state index in [1.54, 1.807) is 6.07 Å². The van der Waals surface area contributed by atoms with Crippen molar-refractivity contribution in [2.45, 2.75) is 30.8 Å². The number of fused-ring (bicyclic) bond motifs is 1. The monoisotopic (exact) mass is 319 g/mol. The van der Waals surface area contributed by atoms with Crippen molar-refractivity contribution >= 4 is 23.4 Å². The van der Waals surface area contributed by atoms with Crippen molar-refractivity contribution in [2.75, 3.05) is 5.75 Å². The second-order valence-electron chi connectivity index (χ2n) is 5.38. The van der Waals surface area contributed by atoms with E-state index in [0.29, 0.717) is 18.3 Å². The van der Waals surface area contributed by atoms with Crippen LogP contribution in [0.4, 0.5) is 0 Å². The second kappa shape index (κ2) is 6.30. The summed E-state index contributed by atoms with van der Waals surface area (Å²) in [6.07, 6.45) is 1.07. The average Bonchev–Trinajstić information content (AvgIpc) is 2.48. The zero-order chi connectivity index (χ0) is 14.8. The van der Waals surface area contributed by atoms with Crippen molar-refractivity contribution < 1.29 is 5.11 Å². The molecule has 1 heterocycles. The lowest BCUT2D eigenvalue weighted by atomic mass is 10.0. The van der Waals surface area contributed by atoms with Gasteiger partial charge in [0.25, 0.3) is 0 Å². The summed E-state index contributed by atoms with van der Waals surface area (Å²) in [5, 5.41) is 14.3. The van der Waals surface area contributed by atoms with Crippen LogP contribution in [0.1, 0.15) is 29.2 Å². The minimum Gasteiger partial charge on any atom is -0.508 e. The number of hydrogen-bond acceptors (Lipinski definition) is 3. The molecule has 3 rings (SSSR count). The van der Waals surface area contributed by atoms with Crippen LogP contribution in [0, 0.1) is 6.92 Å². The van der Waals surface area contributed by atoms with E-state index in [9.17, 15) is 5.11 Å². The minimum absolute atomic E-state index is 0.292. The topological polar surface area (TPSA) is 32.3 Å². The number of halogens is 1. The normalized spacial score (nSPS) is 17.5. The van der Waals surface area contributed by atoms with Crippen molar-refractivity contribution in [3.05, 3.63) is 58.1 Å². The summed E-state index contributed by atoms with van der Waals surface area (Å²) in [7, 11) is 0. The van der Waals surface area contributed by atoms with Crippen LogP contribution in [0.3, 0.4) is 0 Å². The van der Waals surface area contributed by atoms with Gasteiger partial charge in [-0.15, -0.1) is 11.8 Å². The molecule has 110 valence electrons. The van der Waals surface area contributed by atoms with Gasteiger partial charge in [0.05, 0.1) is 0 Å². The molecule has 0 aromatic heterocycles. The number of aromatic hydroxyl groups is 1. The highest BCUT2D eigenvalue weighted by molar-refractivity contribution is 7.99. The van der Waals surface area contributed by atoms with E-state index >= 15 is 0 Å². The van der Waals surface area contributed by atoms with Gasteiger partial charge in [0, 0.05) is 28.1 Å². The predicted molar refractivity (Wildman–Crippen MR) is 89.2 cm³/mol. The van der Waals surface area contributed by atoms with E-state index in [4.69, 9.17) is 11.6 Å². The molecule has 4 heteroatoms. The Kier molecular flexibility index (Phi) is 4.43. The average molecular weight is 320 g/mol. The first-order chi connectivity index (χ1) is 10.1. The van der Waals surface area contributed by atoms with Gasteiger partial charge >= 0.3 is 0 Å². The zero-order valence-electron chi connectivity index (χ0n) is 11.9. The van der Waals surface area contributed by atoms with Gasteiger partial charge in [-0.2, -0.15) is 0 Å². The van der Waals surface area contributed by atoms with E-state index in [2.05, 4.69) is 17.4 Å². The van der Waals surface area contributed by atoms with Gasteiger partial charge < -0.3 is 10.4 Å². The summed E-state index contributed by atoms with van der Waals surface area (Å²) in [6.45, 7) is 2.70. The number of phenolic OH excluding ortho intramolecular Hbond substituents is 1. The summed E-state index contributed by atoms with van der Waals surface area (Å²) < 4.78 is 0. The molecule has 2 nitrogen and oxygen atoms in total. The van der Waals surface area contributed by atoms with E-state index < -0.39 is 0 Å². The van der Waals surface area contributed by atoms with Gasteiger partial charge in [0.2, 0.25) is 0 Å². The van der Waals surface area contributed by atoms with Crippen molar-refractivity contribution in [2.24, 2.45) is 0 Å². The van der Waals surface area contributed by atoms with Crippen LogP contribution in [0.5, 0.6) is 5.75 Å².